The van der Waals surface area contributed by atoms with Gasteiger partial charge in [0.05, 0.1) is 5.69 Å². The highest BCUT2D eigenvalue weighted by atomic mass is 15.1. The lowest BCUT2D eigenvalue weighted by atomic mass is 9.83. The molecule has 1 aromatic rings. The van der Waals surface area contributed by atoms with Crippen LogP contribution in [-0.2, 0) is 19.5 Å². The Balaban J connectivity index is 1.90. The van der Waals surface area contributed by atoms with Crippen LogP contribution < -0.4 is 5.32 Å². The Kier molecular flexibility index (Phi) is 3.18. The molecule has 1 aromatic heterocycles. The molecule has 1 aliphatic heterocycles. The maximum atomic E-state index is 4.76. The van der Waals surface area contributed by atoms with E-state index in [1.165, 1.54) is 55.9 Å². The first-order chi connectivity index (χ1) is 8.74. The lowest BCUT2D eigenvalue weighted by Gasteiger charge is -2.30. The number of rotatable bonds is 3. The molecule has 0 amide bonds. The van der Waals surface area contributed by atoms with Gasteiger partial charge >= 0.3 is 0 Å². The zero-order chi connectivity index (χ0) is 12.6. The normalized spacial score (nSPS) is 22.1. The maximum absolute atomic E-state index is 4.76. The van der Waals surface area contributed by atoms with E-state index < -0.39 is 0 Å². The van der Waals surface area contributed by atoms with E-state index >= 15 is 0 Å². The largest absolute Gasteiger partial charge is 0.331 e. The lowest BCUT2D eigenvalue weighted by molar-refractivity contribution is 0.232. The molecule has 0 unspecified atom stereocenters. The monoisotopic (exact) mass is 247 g/mol. The molecule has 0 atom stereocenters. The highest BCUT2D eigenvalue weighted by Crippen LogP contribution is 2.43. The standard InChI is InChI=1S/C15H25N3/c1-3-15(7-4-5-8-15)11-18-12(2)17-13-10-16-9-6-14(13)18/h16H,3-11H2,1-2H3. The van der Waals surface area contributed by atoms with Gasteiger partial charge in [0.2, 0.25) is 0 Å². The van der Waals surface area contributed by atoms with Crippen LogP contribution in [0.1, 0.15) is 56.2 Å². The topological polar surface area (TPSA) is 29.9 Å². The van der Waals surface area contributed by atoms with E-state index in [2.05, 4.69) is 23.7 Å². The summed E-state index contributed by atoms with van der Waals surface area (Å²) in [5, 5.41) is 3.42. The second-order valence-corrected chi connectivity index (χ2v) is 6.13. The van der Waals surface area contributed by atoms with Crippen LogP contribution >= 0.6 is 0 Å². The summed E-state index contributed by atoms with van der Waals surface area (Å²) in [5.74, 6) is 1.23. The van der Waals surface area contributed by atoms with Crippen molar-refractivity contribution < 1.29 is 0 Å². The summed E-state index contributed by atoms with van der Waals surface area (Å²) in [6.45, 7) is 7.82. The van der Waals surface area contributed by atoms with E-state index in [0.717, 1.165) is 19.5 Å². The highest BCUT2D eigenvalue weighted by molar-refractivity contribution is 5.20. The number of aryl methyl sites for hydroxylation is 1. The second-order valence-electron chi connectivity index (χ2n) is 6.13. The highest BCUT2D eigenvalue weighted by Gasteiger charge is 2.34. The number of nitrogens with zero attached hydrogens (tertiary/aromatic N) is 2. The van der Waals surface area contributed by atoms with Gasteiger partial charge in [0.25, 0.3) is 0 Å². The van der Waals surface area contributed by atoms with E-state index in [0.29, 0.717) is 5.41 Å². The quantitative estimate of drug-likeness (QED) is 0.890. The molecule has 18 heavy (non-hydrogen) atoms. The molecule has 0 spiro atoms. The Morgan fingerprint density at radius 2 is 2.11 bits per heavy atom. The molecule has 3 nitrogen and oxygen atoms in total. The third kappa shape index (κ3) is 1.99. The summed E-state index contributed by atoms with van der Waals surface area (Å²) in [5.41, 5.74) is 3.36. The fourth-order valence-electron chi connectivity index (χ4n) is 3.80. The average Bonchev–Trinajstić information content (AvgIpc) is 2.97. The van der Waals surface area contributed by atoms with E-state index in [1.807, 2.05) is 0 Å². The molecule has 0 aromatic carbocycles. The average molecular weight is 247 g/mol. The third-order valence-corrected chi connectivity index (χ3v) is 5.09. The van der Waals surface area contributed by atoms with Gasteiger partial charge in [-0.05, 0) is 31.6 Å². The van der Waals surface area contributed by atoms with Gasteiger partial charge < -0.3 is 9.88 Å². The Morgan fingerprint density at radius 1 is 1.33 bits per heavy atom. The van der Waals surface area contributed by atoms with Crippen LogP contribution in [0.5, 0.6) is 0 Å². The molecule has 1 N–H and O–H groups in total. The van der Waals surface area contributed by atoms with Crippen molar-refractivity contribution in [3.63, 3.8) is 0 Å². The first-order valence-electron chi connectivity index (χ1n) is 7.50. The minimum absolute atomic E-state index is 0.560. The molecule has 2 aliphatic rings. The van der Waals surface area contributed by atoms with Gasteiger partial charge in [-0.15, -0.1) is 0 Å². The van der Waals surface area contributed by atoms with Crippen molar-refractivity contribution in [2.45, 2.75) is 65.5 Å². The second kappa shape index (κ2) is 4.69. The van der Waals surface area contributed by atoms with Crippen LogP contribution in [0.3, 0.4) is 0 Å². The van der Waals surface area contributed by atoms with Crippen molar-refractivity contribution in [2.75, 3.05) is 6.54 Å². The van der Waals surface area contributed by atoms with Crippen LogP contribution in [0.15, 0.2) is 0 Å². The molecule has 3 heteroatoms. The molecule has 100 valence electrons. The van der Waals surface area contributed by atoms with Crippen molar-refractivity contribution in [2.24, 2.45) is 5.41 Å². The molecule has 0 radical (unpaired) electrons. The number of nitrogens with one attached hydrogen (secondary N) is 1. The molecule has 0 saturated heterocycles. The van der Waals surface area contributed by atoms with Gasteiger partial charge in [-0.2, -0.15) is 0 Å². The number of fused-ring (bicyclic) bond motifs is 1. The maximum Gasteiger partial charge on any atom is 0.106 e. The van der Waals surface area contributed by atoms with Gasteiger partial charge in [0.1, 0.15) is 5.82 Å². The molecule has 1 fully saturated rings. The molecule has 1 aliphatic carbocycles. The van der Waals surface area contributed by atoms with E-state index in [-0.39, 0.29) is 0 Å². The minimum atomic E-state index is 0.560. The lowest BCUT2D eigenvalue weighted by Crippen LogP contribution is -2.28. The molecule has 1 saturated carbocycles. The molecule has 0 bridgehead atoms. The summed E-state index contributed by atoms with van der Waals surface area (Å²) in [6.07, 6.45) is 8.13. The zero-order valence-corrected chi connectivity index (χ0v) is 11.8. The first-order valence-corrected chi connectivity index (χ1v) is 7.50. The molecule has 2 heterocycles. The number of imidazole rings is 1. The summed E-state index contributed by atoms with van der Waals surface area (Å²) < 4.78 is 2.53. The Hall–Kier alpha value is -0.830. The summed E-state index contributed by atoms with van der Waals surface area (Å²) in [6, 6.07) is 0. The van der Waals surface area contributed by atoms with Gasteiger partial charge in [0, 0.05) is 31.7 Å². The van der Waals surface area contributed by atoms with Crippen molar-refractivity contribution in [1.29, 1.82) is 0 Å². The predicted molar refractivity (Wildman–Crippen MR) is 73.6 cm³/mol. The summed E-state index contributed by atoms with van der Waals surface area (Å²) in [4.78, 5) is 4.76. The summed E-state index contributed by atoms with van der Waals surface area (Å²) in [7, 11) is 0. The van der Waals surface area contributed by atoms with Gasteiger partial charge in [-0.1, -0.05) is 19.8 Å². The Morgan fingerprint density at radius 3 is 2.83 bits per heavy atom. The van der Waals surface area contributed by atoms with Crippen LogP contribution in [-0.4, -0.2) is 16.1 Å². The number of hydrogen-bond acceptors (Lipinski definition) is 2. The van der Waals surface area contributed by atoms with Crippen molar-refractivity contribution in [3.05, 3.63) is 17.2 Å². The molecular formula is C15H25N3. The fourth-order valence-corrected chi connectivity index (χ4v) is 3.80. The zero-order valence-electron chi connectivity index (χ0n) is 11.8. The fraction of sp³-hybridized carbons (Fsp3) is 0.800. The third-order valence-electron chi connectivity index (χ3n) is 5.09. The van der Waals surface area contributed by atoms with Crippen LogP contribution in [0.25, 0.3) is 0 Å². The predicted octanol–water partition coefficient (Wildman–Crippen LogP) is 2.81. The Labute approximate surface area is 110 Å². The Bertz CT molecular complexity index is 427. The minimum Gasteiger partial charge on any atom is -0.331 e. The van der Waals surface area contributed by atoms with Crippen LogP contribution in [0.2, 0.25) is 0 Å². The van der Waals surface area contributed by atoms with Crippen molar-refractivity contribution >= 4 is 0 Å². The first kappa shape index (κ1) is 12.2. The van der Waals surface area contributed by atoms with Gasteiger partial charge in [-0.25, -0.2) is 4.98 Å². The molecular weight excluding hydrogens is 222 g/mol. The van der Waals surface area contributed by atoms with E-state index in [4.69, 9.17) is 4.98 Å². The van der Waals surface area contributed by atoms with Crippen molar-refractivity contribution in [3.8, 4) is 0 Å². The van der Waals surface area contributed by atoms with Crippen LogP contribution in [0.4, 0.5) is 0 Å². The van der Waals surface area contributed by atoms with E-state index in [1.54, 1.807) is 0 Å². The smallest absolute Gasteiger partial charge is 0.106 e. The van der Waals surface area contributed by atoms with Gasteiger partial charge in [0.15, 0.2) is 0 Å². The van der Waals surface area contributed by atoms with Crippen molar-refractivity contribution in [1.82, 2.24) is 14.9 Å². The number of aromatic nitrogens is 2. The van der Waals surface area contributed by atoms with Gasteiger partial charge in [-0.3, -0.25) is 0 Å². The SMILES string of the molecule is CCC1(Cn2c(C)nc3c2CCNC3)CCCC1. The molecule has 3 rings (SSSR count). The van der Waals surface area contributed by atoms with E-state index in [9.17, 15) is 0 Å². The number of hydrogen-bond donors (Lipinski definition) is 1. The summed E-state index contributed by atoms with van der Waals surface area (Å²) >= 11 is 0. The van der Waals surface area contributed by atoms with Crippen LogP contribution in [0, 0.1) is 12.3 Å².